The van der Waals surface area contributed by atoms with Gasteiger partial charge in [-0.2, -0.15) is 0 Å². The minimum absolute atomic E-state index is 0.835. The smallest absolute Gasteiger partial charge is 0.171 e. The highest BCUT2D eigenvalue weighted by atomic mass is 79.9. The topological polar surface area (TPSA) is 40.0 Å². The maximum atomic E-state index is 4.33. The number of rotatable bonds is 0. The second-order valence-electron chi connectivity index (χ2n) is 2.57. The monoisotopic (exact) mass is 228 g/mol. The summed E-state index contributed by atoms with van der Waals surface area (Å²) in [7, 11) is 1.76. The average molecular weight is 229 g/mol. The molecule has 2 aliphatic rings. The van der Waals surface area contributed by atoms with Crippen molar-refractivity contribution in [1.29, 1.82) is 0 Å². The van der Waals surface area contributed by atoms with Gasteiger partial charge in [-0.3, -0.25) is 9.98 Å². The largest absolute Gasteiger partial charge is 0.330 e. The molecule has 12 heavy (non-hydrogen) atoms. The molecule has 2 rings (SSSR count). The predicted octanol–water partition coefficient (Wildman–Crippen LogP) is 0.526. The Morgan fingerprint density at radius 2 is 2.58 bits per heavy atom. The van der Waals surface area contributed by atoms with Crippen molar-refractivity contribution in [3.63, 3.8) is 0 Å². The van der Waals surface area contributed by atoms with Crippen molar-refractivity contribution in [2.24, 2.45) is 9.98 Å². The van der Waals surface area contributed by atoms with Crippen LogP contribution in [0.1, 0.15) is 0 Å². The number of fused-ring (bicyclic) bond motifs is 1. The molecule has 1 N–H and O–H groups in total. The van der Waals surface area contributed by atoms with Gasteiger partial charge in [-0.1, -0.05) is 0 Å². The van der Waals surface area contributed by atoms with E-state index >= 15 is 0 Å². The number of aliphatic imine (C=N–C) groups is 2. The van der Waals surface area contributed by atoms with Crippen molar-refractivity contribution in [3.05, 3.63) is 10.8 Å². The lowest BCUT2D eigenvalue weighted by Gasteiger charge is -2.23. The maximum Gasteiger partial charge on any atom is 0.171 e. The highest BCUT2D eigenvalue weighted by Gasteiger charge is 2.24. The summed E-state index contributed by atoms with van der Waals surface area (Å²) < 4.78 is 0.934. The number of nitrogens with zero attached hydrogens (tertiary/aromatic N) is 3. The molecule has 2 aliphatic heterocycles. The Balaban J connectivity index is 2.37. The van der Waals surface area contributed by atoms with Crippen LogP contribution in [-0.2, 0) is 0 Å². The molecule has 0 aromatic heterocycles. The third kappa shape index (κ3) is 1.14. The zero-order valence-electron chi connectivity index (χ0n) is 6.71. The van der Waals surface area contributed by atoms with E-state index in [1.165, 1.54) is 0 Å². The molecule has 64 valence electrons. The summed E-state index contributed by atoms with van der Waals surface area (Å²) in [5.74, 6) is 1.78. The van der Waals surface area contributed by atoms with Gasteiger partial charge in [-0.15, -0.1) is 0 Å². The lowest BCUT2D eigenvalue weighted by molar-refractivity contribution is 0.605. The number of nitrogens with one attached hydrogen (secondary N) is 1. The molecule has 0 amide bonds. The minimum atomic E-state index is 0.835. The molecule has 0 saturated carbocycles. The van der Waals surface area contributed by atoms with Crippen LogP contribution in [0.15, 0.2) is 20.8 Å². The first-order valence-corrected chi connectivity index (χ1v) is 4.53. The van der Waals surface area contributed by atoms with Gasteiger partial charge in [0.25, 0.3) is 0 Å². The van der Waals surface area contributed by atoms with Crippen LogP contribution in [0, 0.1) is 0 Å². The summed E-state index contributed by atoms with van der Waals surface area (Å²) in [5.41, 5.74) is 0. The van der Waals surface area contributed by atoms with Gasteiger partial charge in [0.05, 0.1) is 6.54 Å². The second-order valence-corrected chi connectivity index (χ2v) is 3.43. The first-order valence-electron chi connectivity index (χ1n) is 3.74. The zero-order valence-corrected chi connectivity index (χ0v) is 8.30. The highest BCUT2D eigenvalue weighted by molar-refractivity contribution is 9.11. The molecule has 4 nitrogen and oxygen atoms in total. The molecule has 2 heterocycles. The third-order valence-electron chi connectivity index (χ3n) is 1.82. The van der Waals surface area contributed by atoms with Gasteiger partial charge in [0.2, 0.25) is 0 Å². The summed E-state index contributed by atoms with van der Waals surface area (Å²) in [6.45, 7) is 1.80. The Labute approximate surface area is 79.2 Å². The Morgan fingerprint density at radius 1 is 1.75 bits per heavy atom. The zero-order chi connectivity index (χ0) is 8.55. The van der Waals surface area contributed by atoms with Crippen molar-refractivity contribution in [2.75, 3.05) is 20.1 Å². The summed E-state index contributed by atoms with van der Waals surface area (Å²) in [6, 6.07) is 0. The van der Waals surface area contributed by atoms with E-state index in [1.807, 2.05) is 6.20 Å². The van der Waals surface area contributed by atoms with E-state index in [1.54, 1.807) is 7.05 Å². The van der Waals surface area contributed by atoms with E-state index < -0.39 is 0 Å². The normalized spacial score (nSPS) is 24.8. The van der Waals surface area contributed by atoms with Crippen molar-refractivity contribution in [3.8, 4) is 0 Å². The maximum absolute atomic E-state index is 4.33. The quantitative estimate of drug-likeness (QED) is 0.615. The van der Waals surface area contributed by atoms with E-state index in [-0.39, 0.29) is 0 Å². The Kier molecular flexibility index (Phi) is 1.88. The summed E-state index contributed by atoms with van der Waals surface area (Å²) >= 11 is 3.38. The third-order valence-corrected chi connectivity index (χ3v) is 2.22. The molecule has 0 aromatic rings. The van der Waals surface area contributed by atoms with Gasteiger partial charge in [0.15, 0.2) is 11.7 Å². The van der Waals surface area contributed by atoms with Gasteiger partial charge in [-0.25, -0.2) is 0 Å². The Hall–Kier alpha value is -0.840. The van der Waals surface area contributed by atoms with E-state index in [4.69, 9.17) is 0 Å². The molecule has 0 saturated heterocycles. The number of amidine groups is 2. The van der Waals surface area contributed by atoms with E-state index in [2.05, 4.69) is 36.1 Å². The van der Waals surface area contributed by atoms with Gasteiger partial charge >= 0.3 is 0 Å². The molecular weight excluding hydrogens is 220 g/mol. The summed E-state index contributed by atoms with van der Waals surface area (Å²) in [6.07, 6.45) is 1.99. The molecule has 0 atom stereocenters. The second kappa shape index (κ2) is 2.90. The summed E-state index contributed by atoms with van der Waals surface area (Å²) in [4.78, 5) is 10.5. The predicted molar refractivity (Wildman–Crippen MR) is 52.5 cm³/mol. The molecule has 0 aromatic carbocycles. The first-order chi connectivity index (χ1) is 5.81. The summed E-state index contributed by atoms with van der Waals surface area (Å²) in [5, 5.41) is 3.09. The van der Waals surface area contributed by atoms with Crippen molar-refractivity contribution in [2.45, 2.75) is 0 Å². The molecule has 0 spiro atoms. The van der Waals surface area contributed by atoms with Crippen LogP contribution in [0.4, 0.5) is 0 Å². The standard InChI is InChI=1S/C7H9BrN4/c1-9-6-7-10-2-3-12(7)4-5(8)11-6/h4H,2-3H2,1H3,(H,9,11). The van der Waals surface area contributed by atoms with Crippen molar-refractivity contribution < 1.29 is 0 Å². The number of hydrogen-bond donors (Lipinski definition) is 1. The average Bonchev–Trinajstić information content (AvgIpc) is 2.50. The van der Waals surface area contributed by atoms with Crippen LogP contribution in [0.25, 0.3) is 0 Å². The molecule has 5 heteroatoms. The van der Waals surface area contributed by atoms with Crippen LogP contribution in [0.2, 0.25) is 0 Å². The Bertz CT molecular complexity index is 292. The molecule has 0 radical (unpaired) electrons. The lowest BCUT2D eigenvalue weighted by Crippen LogP contribution is -2.42. The van der Waals surface area contributed by atoms with Crippen molar-refractivity contribution >= 4 is 27.6 Å². The van der Waals surface area contributed by atoms with Crippen molar-refractivity contribution in [1.82, 2.24) is 10.2 Å². The van der Waals surface area contributed by atoms with Crippen LogP contribution in [0.5, 0.6) is 0 Å². The highest BCUT2D eigenvalue weighted by Crippen LogP contribution is 2.14. The van der Waals surface area contributed by atoms with Gasteiger partial charge in [0.1, 0.15) is 4.61 Å². The fraction of sp³-hybridized carbons (Fsp3) is 0.429. The fourth-order valence-corrected chi connectivity index (χ4v) is 1.73. The van der Waals surface area contributed by atoms with E-state index in [0.717, 1.165) is 29.4 Å². The molecular formula is C7H9BrN4. The van der Waals surface area contributed by atoms with E-state index in [9.17, 15) is 0 Å². The van der Waals surface area contributed by atoms with Gasteiger partial charge < -0.3 is 10.2 Å². The molecule has 0 unspecified atom stereocenters. The van der Waals surface area contributed by atoms with Gasteiger partial charge in [0, 0.05) is 19.8 Å². The molecule has 0 bridgehead atoms. The van der Waals surface area contributed by atoms with Crippen LogP contribution in [-0.4, -0.2) is 36.7 Å². The minimum Gasteiger partial charge on any atom is -0.330 e. The van der Waals surface area contributed by atoms with Gasteiger partial charge in [-0.05, 0) is 15.9 Å². The van der Waals surface area contributed by atoms with Crippen LogP contribution < -0.4 is 5.32 Å². The Morgan fingerprint density at radius 3 is 3.33 bits per heavy atom. The van der Waals surface area contributed by atoms with Crippen LogP contribution in [0.3, 0.4) is 0 Å². The molecule has 0 aliphatic carbocycles. The number of hydrogen-bond acceptors (Lipinski definition) is 3. The lowest BCUT2D eigenvalue weighted by atomic mass is 10.4. The fourth-order valence-electron chi connectivity index (χ4n) is 1.29. The SMILES string of the molecule is CN=C1NC(Br)=CN2CCN=C12. The first kappa shape index (κ1) is 7.79. The van der Waals surface area contributed by atoms with Crippen LogP contribution >= 0.6 is 15.9 Å². The number of halogens is 1. The molecule has 0 fully saturated rings. The van der Waals surface area contributed by atoms with E-state index in [0.29, 0.717) is 0 Å².